The molecule has 0 aliphatic carbocycles. The number of hydrogen-bond acceptors (Lipinski definition) is 3. The maximum absolute atomic E-state index is 13.2. The van der Waals surface area contributed by atoms with Gasteiger partial charge in [0, 0.05) is 18.7 Å². The average Bonchev–Trinajstić information content (AvgIpc) is 2.41. The van der Waals surface area contributed by atoms with E-state index in [4.69, 9.17) is 9.47 Å². The molecule has 3 nitrogen and oxygen atoms in total. The molecule has 1 aromatic carbocycles. The summed E-state index contributed by atoms with van der Waals surface area (Å²) in [6, 6.07) is 4.91. The maximum atomic E-state index is 13.2. The summed E-state index contributed by atoms with van der Waals surface area (Å²) in [4.78, 5) is 0. The molecule has 19 heavy (non-hydrogen) atoms. The van der Waals surface area contributed by atoms with E-state index in [2.05, 4.69) is 19.2 Å². The van der Waals surface area contributed by atoms with Crippen LogP contribution in [0.5, 0.6) is 5.75 Å². The summed E-state index contributed by atoms with van der Waals surface area (Å²) < 4.78 is 24.2. The normalized spacial score (nSPS) is 27.1. The molecule has 1 saturated heterocycles. The second-order valence-corrected chi connectivity index (χ2v) is 5.33. The summed E-state index contributed by atoms with van der Waals surface area (Å²) in [7, 11) is 1.56. The Labute approximate surface area is 114 Å². The Kier molecular flexibility index (Phi) is 4.30. The van der Waals surface area contributed by atoms with E-state index >= 15 is 0 Å². The van der Waals surface area contributed by atoms with Crippen LogP contribution in [0, 0.1) is 5.82 Å². The topological polar surface area (TPSA) is 30.5 Å². The number of anilines is 1. The van der Waals surface area contributed by atoms with Crippen molar-refractivity contribution in [1.29, 1.82) is 0 Å². The van der Waals surface area contributed by atoms with Gasteiger partial charge in [-0.05, 0) is 38.3 Å². The molecule has 2 unspecified atom stereocenters. The van der Waals surface area contributed by atoms with Crippen molar-refractivity contribution < 1.29 is 13.9 Å². The molecule has 0 bridgehead atoms. The van der Waals surface area contributed by atoms with Gasteiger partial charge < -0.3 is 14.8 Å². The van der Waals surface area contributed by atoms with Gasteiger partial charge in [-0.15, -0.1) is 0 Å². The molecule has 1 aliphatic heterocycles. The van der Waals surface area contributed by atoms with Gasteiger partial charge in [-0.1, -0.05) is 6.92 Å². The first-order valence-electron chi connectivity index (χ1n) is 6.80. The highest BCUT2D eigenvalue weighted by Crippen LogP contribution is 2.32. The van der Waals surface area contributed by atoms with Crippen molar-refractivity contribution in [2.75, 3.05) is 19.0 Å². The van der Waals surface area contributed by atoms with Gasteiger partial charge in [-0.25, -0.2) is 4.39 Å². The Hall–Kier alpha value is -1.29. The van der Waals surface area contributed by atoms with Gasteiger partial charge in [0.15, 0.2) is 0 Å². The van der Waals surface area contributed by atoms with E-state index in [-0.39, 0.29) is 11.4 Å². The number of hydrogen-bond donors (Lipinski definition) is 1. The van der Waals surface area contributed by atoms with Crippen LogP contribution in [0.3, 0.4) is 0 Å². The van der Waals surface area contributed by atoms with Crippen LogP contribution in [-0.4, -0.2) is 25.4 Å². The summed E-state index contributed by atoms with van der Waals surface area (Å²) in [5, 5.41) is 3.45. The van der Waals surface area contributed by atoms with Crippen molar-refractivity contribution in [2.45, 2.75) is 44.8 Å². The fourth-order valence-electron chi connectivity index (χ4n) is 2.50. The molecule has 4 heteroatoms. The predicted octanol–water partition coefficient (Wildman–Crippen LogP) is 3.59. The van der Waals surface area contributed by atoms with Gasteiger partial charge in [0.05, 0.1) is 18.4 Å². The molecule has 1 N–H and O–H groups in total. The van der Waals surface area contributed by atoms with Crippen molar-refractivity contribution in [3.63, 3.8) is 0 Å². The molecule has 0 aromatic heterocycles. The molecular weight excluding hydrogens is 245 g/mol. The van der Waals surface area contributed by atoms with Crippen LogP contribution < -0.4 is 10.1 Å². The first-order chi connectivity index (χ1) is 9.06. The minimum Gasteiger partial charge on any atom is -0.494 e. The second kappa shape index (κ2) is 5.78. The third kappa shape index (κ3) is 3.38. The van der Waals surface area contributed by atoms with Crippen molar-refractivity contribution in [3.8, 4) is 5.75 Å². The molecule has 1 aromatic rings. The minimum absolute atomic E-state index is 0.0663. The van der Waals surface area contributed by atoms with Gasteiger partial charge in [-0.3, -0.25) is 0 Å². The molecule has 0 radical (unpaired) electrons. The molecule has 1 fully saturated rings. The van der Waals surface area contributed by atoms with Crippen LogP contribution in [0.25, 0.3) is 0 Å². The highest BCUT2D eigenvalue weighted by atomic mass is 19.1. The summed E-state index contributed by atoms with van der Waals surface area (Å²) in [5.74, 6) is 0.262. The minimum atomic E-state index is -0.284. The summed E-state index contributed by atoms with van der Waals surface area (Å²) in [6.07, 6.45) is 2.89. The van der Waals surface area contributed by atoms with E-state index in [0.29, 0.717) is 11.8 Å². The lowest BCUT2D eigenvalue weighted by Gasteiger charge is -2.38. The van der Waals surface area contributed by atoms with Crippen LogP contribution in [0.1, 0.15) is 33.1 Å². The quantitative estimate of drug-likeness (QED) is 0.904. The van der Waals surface area contributed by atoms with Crippen LogP contribution in [0.2, 0.25) is 0 Å². The van der Waals surface area contributed by atoms with E-state index in [1.54, 1.807) is 13.2 Å². The van der Waals surface area contributed by atoms with Crippen LogP contribution in [0.15, 0.2) is 18.2 Å². The van der Waals surface area contributed by atoms with Crippen molar-refractivity contribution >= 4 is 5.69 Å². The zero-order valence-electron chi connectivity index (χ0n) is 11.8. The second-order valence-electron chi connectivity index (χ2n) is 5.33. The highest BCUT2D eigenvalue weighted by Gasteiger charge is 2.31. The Morgan fingerprint density at radius 1 is 1.53 bits per heavy atom. The summed E-state index contributed by atoms with van der Waals surface area (Å²) >= 11 is 0. The highest BCUT2D eigenvalue weighted by molar-refractivity contribution is 5.57. The van der Waals surface area contributed by atoms with E-state index in [1.807, 2.05) is 0 Å². The monoisotopic (exact) mass is 267 g/mol. The van der Waals surface area contributed by atoms with Crippen LogP contribution in [-0.2, 0) is 4.74 Å². The molecule has 1 aliphatic rings. The Morgan fingerprint density at radius 3 is 3.00 bits per heavy atom. The van der Waals surface area contributed by atoms with Crippen molar-refractivity contribution in [2.24, 2.45) is 0 Å². The van der Waals surface area contributed by atoms with Crippen molar-refractivity contribution in [1.82, 2.24) is 0 Å². The number of benzene rings is 1. The standard InChI is InChI=1S/C15H22FNO2/c1-4-15(2)10-12(7-8-19-15)17-13-6-5-11(16)9-14(13)18-3/h5-6,9,12,17H,4,7-8,10H2,1-3H3. The number of methoxy groups -OCH3 is 1. The largest absolute Gasteiger partial charge is 0.494 e. The molecule has 2 rings (SSSR count). The first-order valence-corrected chi connectivity index (χ1v) is 6.80. The van der Waals surface area contributed by atoms with Crippen LogP contribution in [0.4, 0.5) is 10.1 Å². The van der Waals surface area contributed by atoms with Gasteiger partial charge >= 0.3 is 0 Å². The van der Waals surface area contributed by atoms with E-state index in [0.717, 1.165) is 31.6 Å². The molecular formula is C15H22FNO2. The zero-order chi connectivity index (χ0) is 13.9. The van der Waals surface area contributed by atoms with Crippen molar-refractivity contribution in [3.05, 3.63) is 24.0 Å². The summed E-state index contributed by atoms with van der Waals surface area (Å²) in [6.45, 7) is 5.04. The van der Waals surface area contributed by atoms with Gasteiger partial charge in [-0.2, -0.15) is 0 Å². The number of ether oxygens (including phenoxy) is 2. The number of rotatable bonds is 4. The van der Waals surface area contributed by atoms with E-state index in [9.17, 15) is 4.39 Å². The Balaban J connectivity index is 2.08. The average molecular weight is 267 g/mol. The number of nitrogens with one attached hydrogen (secondary N) is 1. The maximum Gasteiger partial charge on any atom is 0.144 e. The molecule has 0 amide bonds. The third-order valence-corrected chi connectivity index (χ3v) is 3.87. The lowest BCUT2D eigenvalue weighted by molar-refractivity contribution is -0.0709. The molecule has 0 saturated carbocycles. The molecule has 106 valence electrons. The number of halogens is 1. The van der Waals surface area contributed by atoms with Gasteiger partial charge in [0.2, 0.25) is 0 Å². The fourth-order valence-corrected chi connectivity index (χ4v) is 2.50. The van der Waals surface area contributed by atoms with Gasteiger partial charge in [0.25, 0.3) is 0 Å². The Bertz CT molecular complexity index is 438. The van der Waals surface area contributed by atoms with Gasteiger partial charge in [0.1, 0.15) is 11.6 Å². The SMILES string of the molecule is CCC1(C)CC(Nc2ccc(F)cc2OC)CCO1. The van der Waals surface area contributed by atoms with E-state index < -0.39 is 0 Å². The predicted molar refractivity (Wildman–Crippen MR) is 74.2 cm³/mol. The Morgan fingerprint density at radius 2 is 2.32 bits per heavy atom. The lowest BCUT2D eigenvalue weighted by Crippen LogP contribution is -2.41. The third-order valence-electron chi connectivity index (χ3n) is 3.87. The molecule has 0 spiro atoms. The molecule has 1 heterocycles. The van der Waals surface area contributed by atoms with Crippen LogP contribution >= 0.6 is 0 Å². The smallest absolute Gasteiger partial charge is 0.144 e. The fraction of sp³-hybridized carbons (Fsp3) is 0.600. The lowest BCUT2D eigenvalue weighted by atomic mass is 9.90. The molecule has 2 atom stereocenters. The zero-order valence-corrected chi connectivity index (χ0v) is 11.8. The van der Waals surface area contributed by atoms with E-state index in [1.165, 1.54) is 12.1 Å². The first kappa shape index (κ1) is 14.1. The summed E-state index contributed by atoms with van der Waals surface area (Å²) in [5.41, 5.74) is 0.776.